The van der Waals surface area contributed by atoms with Crippen molar-refractivity contribution in [3.05, 3.63) is 60.6 Å². The smallest absolute Gasteiger partial charge is 0.225 e. The van der Waals surface area contributed by atoms with E-state index in [1.165, 1.54) is 5.56 Å². The van der Waals surface area contributed by atoms with Crippen molar-refractivity contribution < 1.29 is 5.11 Å². The van der Waals surface area contributed by atoms with Crippen LogP contribution in [0.3, 0.4) is 0 Å². The van der Waals surface area contributed by atoms with Crippen LogP contribution in [0.15, 0.2) is 55.0 Å². The summed E-state index contributed by atoms with van der Waals surface area (Å²) in [5.74, 6) is 1.17. The standard InChI is InChI=1S/C18H20N6O/c25-12-11-22-18-23-16(15-3-1-2-7-20-15)13-17(24-18)21-10-6-14-4-8-19-9-5-14/h1-5,7-9,13,25H,6,10-12H2,(H2,21,22,23,24). The van der Waals surface area contributed by atoms with Gasteiger partial charge in [0.1, 0.15) is 5.82 Å². The van der Waals surface area contributed by atoms with Gasteiger partial charge in [-0.15, -0.1) is 0 Å². The summed E-state index contributed by atoms with van der Waals surface area (Å²) in [7, 11) is 0. The molecule has 0 aliphatic heterocycles. The molecule has 7 heteroatoms. The van der Waals surface area contributed by atoms with Crippen molar-refractivity contribution in [3.8, 4) is 11.4 Å². The number of hydrogen-bond donors (Lipinski definition) is 3. The van der Waals surface area contributed by atoms with Gasteiger partial charge in [-0.2, -0.15) is 4.98 Å². The second-order valence-electron chi connectivity index (χ2n) is 5.36. The van der Waals surface area contributed by atoms with E-state index < -0.39 is 0 Å². The molecule has 128 valence electrons. The zero-order chi connectivity index (χ0) is 17.3. The van der Waals surface area contributed by atoms with E-state index in [9.17, 15) is 0 Å². The molecule has 0 spiro atoms. The Kier molecular flexibility index (Phi) is 5.84. The Bertz CT molecular complexity index is 782. The average molecular weight is 336 g/mol. The quantitative estimate of drug-likeness (QED) is 0.579. The second kappa shape index (κ2) is 8.70. The molecular formula is C18H20N6O. The van der Waals surface area contributed by atoms with Crippen molar-refractivity contribution in [2.75, 3.05) is 30.3 Å². The van der Waals surface area contributed by atoms with Crippen LogP contribution < -0.4 is 10.6 Å². The summed E-state index contributed by atoms with van der Waals surface area (Å²) in [6.07, 6.45) is 6.17. The number of nitrogens with one attached hydrogen (secondary N) is 2. The lowest BCUT2D eigenvalue weighted by molar-refractivity contribution is 0.311. The highest BCUT2D eigenvalue weighted by Crippen LogP contribution is 2.19. The summed E-state index contributed by atoms with van der Waals surface area (Å²) in [5, 5.41) is 15.3. The summed E-state index contributed by atoms with van der Waals surface area (Å²) < 4.78 is 0. The summed E-state index contributed by atoms with van der Waals surface area (Å²) in [5.41, 5.74) is 2.71. The highest BCUT2D eigenvalue weighted by Gasteiger charge is 2.07. The van der Waals surface area contributed by atoms with Crippen LogP contribution in [-0.2, 0) is 6.42 Å². The van der Waals surface area contributed by atoms with Gasteiger partial charge in [-0.1, -0.05) is 6.07 Å². The number of anilines is 2. The van der Waals surface area contributed by atoms with E-state index in [0.29, 0.717) is 18.3 Å². The van der Waals surface area contributed by atoms with Crippen LogP contribution in [0, 0.1) is 0 Å². The van der Waals surface area contributed by atoms with Crippen molar-refractivity contribution in [2.24, 2.45) is 0 Å². The predicted octanol–water partition coefficient (Wildman–Crippen LogP) is 1.99. The number of rotatable bonds is 8. The molecule has 7 nitrogen and oxygen atoms in total. The third kappa shape index (κ3) is 4.95. The van der Waals surface area contributed by atoms with Crippen LogP contribution in [0.1, 0.15) is 5.56 Å². The largest absolute Gasteiger partial charge is 0.395 e. The van der Waals surface area contributed by atoms with Gasteiger partial charge in [-0.3, -0.25) is 9.97 Å². The maximum Gasteiger partial charge on any atom is 0.225 e. The molecule has 3 rings (SSSR count). The molecular weight excluding hydrogens is 316 g/mol. The van der Waals surface area contributed by atoms with Crippen molar-refractivity contribution in [2.45, 2.75) is 6.42 Å². The minimum atomic E-state index is 0.0159. The van der Waals surface area contributed by atoms with Crippen LogP contribution in [-0.4, -0.2) is 44.7 Å². The summed E-state index contributed by atoms with van der Waals surface area (Å²) in [6.45, 7) is 1.15. The Morgan fingerprint density at radius 1 is 0.880 bits per heavy atom. The lowest BCUT2D eigenvalue weighted by Crippen LogP contribution is -2.12. The topological polar surface area (TPSA) is 95.8 Å². The number of aromatic nitrogens is 4. The summed E-state index contributed by atoms with van der Waals surface area (Å²) in [6, 6.07) is 11.5. The van der Waals surface area contributed by atoms with Crippen molar-refractivity contribution in [1.29, 1.82) is 0 Å². The first-order valence-electron chi connectivity index (χ1n) is 8.13. The van der Waals surface area contributed by atoms with Gasteiger partial charge in [0.05, 0.1) is 18.0 Å². The number of aliphatic hydroxyl groups is 1. The molecule has 0 aliphatic rings. The molecule has 0 saturated carbocycles. The van der Waals surface area contributed by atoms with E-state index in [4.69, 9.17) is 5.11 Å². The van der Waals surface area contributed by atoms with Gasteiger partial charge in [0.15, 0.2) is 0 Å². The van der Waals surface area contributed by atoms with Gasteiger partial charge in [0.25, 0.3) is 0 Å². The number of hydrogen-bond acceptors (Lipinski definition) is 7. The first-order valence-corrected chi connectivity index (χ1v) is 8.13. The van der Waals surface area contributed by atoms with Crippen LogP contribution in [0.25, 0.3) is 11.4 Å². The molecule has 0 fully saturated rings. The SMILES string of the molecule is OCCNc1nc(NCCc2ccncc2)cc(-c2ccccn2)n1. The Hall–Kier alpha value is -3.06. The third-order valence-electron chi connectivity index (χ3n) is 3.52. The van der Waals surface area contributed by atoms with Crippen LogP contribution >= 0.6 is 0 Å². The van der Waals surface area contributed by atoms with E-state index in [-0.39, 0.29) is 6.61 Å². The monoisotopic (exact) mass is 336 g/mol. The molecule has 0 radical (unpaired) electrons. The lowest BCUT2D eigenvalue weighted by atomic mass is 10.2. The lowest BCUT2D eigenvalue weighted by Gasteiger charge is -2.10. The molecule has 0 saturated heterocycles. The maximum absolute atomic E-state index is 9.00. The van der Waals surface area contributed by atoms with Gasteiger partial charge in [0.2, 0.25) is 5.95 Å². The minimum Gasteiger partial charge on any atom is -0.395 e. The first kappa shape index (κ1) is 16.8. The summed E-state index contributed by atoms with van der Waals surface area (Å²) in [4.78, 5) is 17.3. The zero-order valence-electron chi connectivity index (χ0n) is 13.8. The van der Waals surface area contributed by atoms with Crippen LogP contribution in [0.4, 0.5) is 11.8 Å². The number of pyridine rings is 2. The fourth-order valence-electron chi connectivity index (χ4n) is 2.31. The zero-order valence-corrected chi connectivity index (χ0v) is 13.8. The average Bonchev–Trinajstić information content (AvgIpc) is 2.68. The van der Waals surface area contributed by atoms with Crippen molar-refractivity contribution in [1.82, 2.24) is 19.9 Å². The Balaban J connectivity index is 1.75. The van der Waals surface area contributed by atoms with Crippen molar-refractivity contribution in [3.63, 3.8) is 0 Å². The molecule has 25 heavy (non-hydrogen) atoms. The van der Waals surface area contributed by atoms with E-state index in [0.717, 1.165) is 24.4 Å². The third-order valence-corrected chi connectivity index (χ3v) is 3.52. The van der Waals surface area contributed by atoms with E-state index >= 15 is 0 Å². The first-order chi connectivity index (χ1) is 12.3. The Morgan fingerprint density at radius 3 is 2.52 bits per heavy atom. The molecule has 0 aromatic carbocycles. The Labute approximate surface area is 146 Å². The fourth-order valence-corrected chi connectivity index (χ4v) is 2.31. The molecule has 0 unspecified atom stereocenters. The highest BCUT2D eigenvalue weighted by atomic mass is 16.3. The molecule has 3 heterocycles. The number of aliphatic hydroxyl groups excluding tert-OH is 1. The second-order valence-corrected chi connectivity index (χ2v) is 5.36. The molecule has 0 aliphatic carbocycles. The van der Waals surface area contributed by atoms with Gasteiger partial charge in [-0.05, 0) is 36.2 Å². The molecule has 0 bridgehead atoms. The van der Waals surface area contributed by atoms with Crippen LogP contribution in [0.2, 0.25) is 0 Å². The number of nitrogens with zero attached hydrogens (tertiary/aromatic N) is 4. The normalized spacial score (nSPS) is 10.4. The van der Waals surface area contributed by atoms with Gasteiger partial charge in [-0.25, -0.2) is 4.98 Å². The van der Waals surface area contributed by atoms with E-state index in [2.05, 4.69) is 30.6 Å². The minimum absolute atomic E-state index is 0.0159. The van der Waals surface area contributed by atoms with Gasteiger partial charge < -0.3 is 15.7 Å². The molecule has 3 aromatic rings. The fraction of sp³-hybridized carbons (Fsp3) is 0.222. The molecule has 0 amide bonds. The highest BCUT2D eigenvalue weighted by molar-refractivity contribution is 5.60. The molecule has 3 aromatic heterocycles. The summed E-state index contributed by atoms with van der Waals surface area (Å²) >= 11 is 0. The Morgan fingerprint density at radius 2 is 1.76 bits per heavy atom. The van der Waals surface area contributed by atoms with Crippen LogP contribution in [0.5, 0.6) is 0 Å². The maximum atomic E-state index is 9.00. The van der Waals surface area contributed by atoms with E-state index in [1.54, 1.807) is 18.6 Å². The molecule has 3 N–H and O–H groups in total. The van der Waals surface area contributed by atoms with Gasteiger partial charge >= 0.3 is 0 Å². The van der Waals surface area contributed by atoms with E-state index in [1.807, 2.05) is 36.4 Å². The molecule has 0 atom stereocenters. The predicted molar refractivity (Wildman–Crippen MR) is 97.3 cm³/mol. The van der Waals surface area contributed by atoms with Crippen molar-refractivity contribution >= 4 is 11.8 Å². The van der Waals surface area contributed by atoms with Gasteiger partial charge in [0, 0.05) is 37.7 Å².